The highest BCUT2D eigenvalue weighted by Gasteiger charge is 2.24. The molecule has 1 aromatic heterocycles. The molecule has 0 saturated carbocycles. The highest BCUT2D eigenvalue weighted by atomic mass is 16.6. The van der Waals surface area contributed by atoms with Gasteiger partial charge in [-0.1, -0.05) is 30.3 Å². The summed E-state index contributed by atoms with van der Waals surface area (Å²) in [7, 11) is 0. The number of nitro benzene ring substituents is 1. The van der Waals surface area contributed by atoms with E-state index in [2.05, 4.69) is 5.32 Å². The number of nitrogens with one attached hydrogen (secondary N) is 1. The number of carbonyl (C=O) groups excluding carboxylic acids is 1. The van der Waals surface area contributed by atoms with Crippen LogP contribution < -0.4 is 11.1 Å². The molecule has 3 rings (SSSR count). The molecule has 1 amide bonds. The molecule has 26 heavy (non-hydrogen) atoms. The Morgan fingerprint density at radius 1 is 1.23 bits per heavy atom. The fraction of sp³-hybridized carbons (Fsp3) is 0.222. The number of hydrogen-bond acceptors (Lipinski definition) is 5. The maximum atomic E-state index is 12.4. The molecular formula is C18H17N3O5. The lowest BCUT2D eigenvalue weighted by Crippen LogP contribution is -2.43. The Labute approximate surface area is 148 Å². The number of carbonyl (C=O) groups is 1. The van der Waals surface area contributed by atoms with Gasteiger partial charge in [-0.25, -0.2) is 4.79 Å². The van der Waals surface area contributed by atoms with Crippen molar-refractivity contribution >= 4 is 22.7 Å². The normalized spacial score (nSPS) is 11.5. The minimum absolute atomic E-state index is 0.0688. The summed E-state index contributed by atoms with van der Waals surface area (Å²) in [5.74, 6) is -1.12. The molecule has 2 aromatic carbocycles. The SMILES string of the molecule is CC(C)(NC(=O)Cn1c(=O)oc2cc([N+](=O)[O-])ccc21)c1ccccc1. The second-order valence-electron chi connectivity index (χ2n) is 6.40. The first kappa shape index (κ1) is 17.4. The molecule has 0 saturated heterocycles. The van der Waals surface area contributed by atoms with Crippen LogP contribution >= 0.6 is 0 Å². The summed E-state index contributed by atoms with van der Waals surface area (Å²) >= 11 is 0. The van der Waals surface area contributed by atoms with Gasteiger partial charge in [-0.2, -0.15) is 0 Å². The van der Waals surface area contributed by atoms with Crippen LogP contribution in [0.25, 0.3) is 11.1 Å². The van der Waals surface area contributed by atoms with Gasteiger partial charge in [0.2, 0.25) is 5.91 Å². The van der Waals surface area contributed by atoms with E-state index in [1.54, 1.807) is 0 Å². The fourth-order valence-electron chi connectivity index (χ4n) is 2.78. The first-order valence-electron chi connectivity index (χ1n) is 7.92. The van der Waals surface area contributed by atoms with Crippen LogP contribution in [-0.4, -0.2) is 15.4 Å². The molecule has 8 heteroatoms. The van der Waals surface area contributed by atoms with Gasteiger partial charge in [-0.3, -0.25) is 19.5 Å². The van der Waals surface area contributed by atoms with Crippen molar-refractivity contribution in [2.45, 2.75) is 25.9 Å². The van der Waals surface area contributed by atoms with Crippen LogP contribution in [0.5, 0.6) is 0 Å². The Bertz CT molecular complexity index is 1030. The van der Waals surface area contributed by atoms with E-state index >= 15 is 0 Å². The van der Waals surface area contributed by atoms with Gasteiger partial charge >= 0.3 is 5.76 Å². The van der Waals surface area contributed by atoms with Crippen molar-refractivity contribution in [2.24, 2.45) is 0 Å². The predicted molar refractivity (Wildman–Crippen MR) is 94.7 cm³/mol. The number of aromatic nitrogens is 1. The topological polar surface area (TPSA) is 107 Å². The second kappa shape index (κ2) is 6.47. The first-order chi connectivity index (χ1) is 12.3. The molecule has 0 radical (unpaired) electrons. The highest BCUT2D eigenvalue weighted by molar-refractivity contribution is 5.81. The Kier molecular flexibility index (Phi) is 4.33. The number of nitrogens with zero attached hydrogens (tertiary/aromatic N) is 2. The van der Waals surface area contributed by atoms with Crippen molar-refractivity contribution in [1.82, 2.24) is 9.88 Å². The van der Waals surface area contributed by atoms with Crippen LogP contribution in [0.4, 0.5) is 5.69 Å². The summed E-state index contributed by atoms with van der Waals surface area (Å²) in [6.07, 6.45) is 0. The maximum Gasteiger partial charge on any atom is 0.420 e. The molecular weight excluding hydrogens is 338 g/mol. The van der Waals surface area contributed by atoms with Gasteiger partial charge in [-0.05, 0) is 25.5 Å². The summed E-state index contributed by atoms with van der Waals surface area (Å²) in [6.45, 7) is 3.47. The Balaban J connectivity index is 1.84. The van der Waals surface area contributed by atoms with E-state index in [9.17, 15) is 19.7 Å². The minimum Gasteiger partial charge on any atom is -0.407 e. The van der Waals surface area contributed by atoms with Gasteiger partial charge in [-0.15, -0.1) is 0 Å². The number of hydrogen-bond donors (Lipinski definition) is 1. The fourth-order valence-corrected chi connectivity index (χ4v) is 2.78. The number of non-ortho nitro benzene ring substituents is 1. The van der Waals surface area contributed by atoms with Crippen molar-refractivity contribution in [2.75, 3.05) is 0 Å². The highest BCUT2D eigenvalue weighted by Crippen LogP contribution is 2.21. The van der Waals surface area contributed by atoms with Gasteiger partial charge in [0.25, 0.3) is 5.69 Å². The maximum absolute atomic E-state index is 12.4. The van der Waals surface area contributed by atoms with Gasteiger partial charge in [0.1, 0.15) is 6.54 Å². The van der Waals surface area contributed by atoms with Gasteiger partial charge in [0.15, 0.2) is 5.58 Å². The second-order valence-corrected chi connectivity index (χ2v) is 6.40. The largest absolute Gasteiger partial charge is 0.420 e. The van der Waals surface area contributed by atoms with Crippen LogP contribution in [0, 0.1) is 10.1 Å². The molecule has 0 aliphatic carbocycles. The minimum atomic E-state index is -0.742. The Morgan fingerprint density at radius 2 is 1.92 bits per heavy atom. The number of oxazole rings is 1. The summed E-state index contributed by atoms with van der Waals surface area (Å²) < 4.78 is 6.18. The molecule has 0 aliphatic rings. The lowest BCUT2D eigenvalue weighted by molar-refractivity contribution is -0.384. The molecule has 0 unspecified atom stereocenters. The zero-order valence-corrected chi connectivity index (χ0v) is 14.3. The third kappa shape index (κ3) is 3.34. The number of benzene rings is 2. The molecule has 3 aromatic rings. The van der Waals surface area contributed by atoms with Crippen molar-refractivity contribution in [3.63, 3.8) is 0 Å². The van der Waals surface area contributed by atoms with Crippen LogP contribution in [0.1, 0.15) is 19.4 Å². The van der Waals surface area contributed by atoms with Crippen LogP contribution in [0.2, 0.25) is 0 Å². The van der Waals surface area contributed by atoms with Gasteiger partial charge in [0, 0.05) is 6.07 Å². The summed E-state index contributed by atoms with van der Waals surface area (Å²) in [5.41, 5.74) is 0.509. The number of rotatable bonds is 5. The number of fused-ring (bicyclic) bond motifs is 1. The van der Waals surface area contributed by atoms with Gasteiger partial charge < -0.3 is 9.73 Å². The molecule has 0 spiro atoms. The lowest BCUT2D eigenvalue weighted by atomic mass is 9.94. The first-order valence-corrected chi connectivity index (χ1v) is 7.92. The molecule has 0 bridgehead atoms. The third-order valence-corrected chi connectivity index (χ3v) is 4.11. The Hall–Kier alpha value is -3.42. The molecule has 1 N–H and O–H groups in total. The molecule has 0 aliphatic heterocycles. The molecule has 1 heterocycles. The number of nitro groups is 1. The average Bonchev–Trinajstić information content (AvgIpc) is 2.90. The van der Waals surface area contributed by atoms with E-state index in [0.29, 0.717) is 5.52 Å². The van der Waals surface area contributed by atoms with E-state index in [-0.39, 0.29) is 23.7 Å². The van der Waals surface area contributed by atoms with Crippen LogP contribution in [0.15, 0.2) is 57.7 Å². The van der Waals surface area contributed by atoms with E-state index in [4.69, 9.17) is 4.42 Å². The molecule has 134 valence electrons. The molecule has 8 nitrogen and oxygen atoms in total. The van der Waals surface area contributed by atoms with E-state index in [1.165, 1.54) is 18.2 Å². The molecule has 0 atom stereocenters. The van der Waals surface area contributed by atoms with Crippen molar-refractivity contribution in [1.29, 1.82) is 0 Å². The third-order valence-electron chi connectivity index (χ3n) is 4.11. The van der Waals surface area contributed by atoms with Crippen molar-refractivity contribution < 1.29 is 14.1 Å². The quantitative estimate of drug-likeness (QED) is 0.559. The summed E-state index contributed by atoms with van der Waals surface area (Å²) in [4.78, 5) is 34.7. The van der Waals surface area contributed by atoms with Gasteiger partial charge in [0.05, 0.1) is 22.0 Å². The van der Waals surface area contributed by atoms with E-state index in [1.807, 2.05) is 44.2 Å². The van der Waals surface area contributed by atoms with Crippen LogP contribution in [0.3, 0.4) is 0 Å². The standard InChI is InChI=1S/C18H17N3O5/c1-18(2,12-6-4-3-5-7-12)19-16(22)11-20-14-9-8-13(21(24)25)10-15(14)26-17(20)23/h3-10H,11H2,1-2H3,(H,19,22). The average molecular weight is 355 g/mol. The predicted octanol–water partition coefficient (Wildman–Crippen LogP) is 2.55. The zero-order valence-electron chi connectivity index (χ0n) is 14.3. The summed E-state index contributed by atoms with van der Waals surface area (Å²) in [5, 5.41) is 13.7. The Morgan fingerprint density at radius 3 is 2.58 bits per heavy atom. The lowest BCUT2D eigenvalue weighted by Gasteiger charge is -2.27. The van der Waals surface area contributed by atoms with E-state index in [0.717, 1.165) is 10.1 Å². The van der Waals surface area contributed by atoms with E-state index < -0.39 is 16.2 Å². The van der Waals surface area contributed by atoms with Crippen LogP contribution in [-0.2, 0) is 16.9 Å². The molecule has 0 fully saturated rings. The number of amides is 1. The zero-order chi connectivity index (χ0) is 18.9. The summed E-state index contributed by atoms with van der Waals surface area (Å²) in [6, 6.07) is 13.3. The smallest absolute Gasteiger partial charge is 0.407 e. The van der Waals surface area contributed by atoms with Crippen molar-refractivity contribution in [3.05, 3.63) is 74.8 Å². The monoisotopic (exact) mass is 355 g/mol. The van der Waals surface area contributed by atoms with Crippen molar-refractivity contribution in [3.8, 4) is 0 Å².